The fraction of sp³-hybridized carbons (Fsp3) is 0.444. The minimum absolute atomic E-state index is 0. The molecule has 1 atom stereocenters. The molecular weight excluding hydrogens is 343 g/mol. The Morgan fingerprint density at radius 3 is 2.84 bits per heavy atom. The maximum absolute atomic E-state index is 14.1. The zero-order valence-corrected chi connectivity index (χ0v) is 15.3. The van der Waals surface area contributed by atoms with Crippen molar-refractivity contribution in [1.82, 2.24) is 20.4 Å². The van der Waals surface area contributed by atoms with Crippen molar-refractivity contribution >= 4 is 18.3 Å². The van der Waals surface area contributed by atoms with Gasteiger partial charge in [-0.3, -0.25) is 4.79 Å². The van der Waals surface area contributed by atoms with Crippen molar-refractivity contribution in [3.8, 4) is 5.69 Å². The zero-order valence-electron chi connectivity index (χ0n) is 14.5. The van der Waals surface area contributed by atoms with Crippen LogP contribution in [0.1, 0.15) is 42.0 Å². The molecule has 1 aliphatic carbocycles. The van der Waals surface area contributed by atoms with Gasteiger partial charge in [-0.2, -0.15) is 5.10 Å². The highest BCUT2D eigenvalue weighted by molar-refractivity contribution is 5.94. The fourth-order valence-electron chi connectivity index (χ4n) is 3.19. The van der Waals surface area contributed by atoms with Crippen LogP contribution in [0.3, 0.4) is 0 Å². The second kappa shape index (κ2) is 8.45. The van der Waals surface area contributed by atoms with Crippen LogP contribution in [-0.2, 0) is 12.8 Å². The topological polar surface area (TPSA) is 58.9 Å². The number of likely N-dealkylation sites (N-methyl/N-ethyl adjacent to an activating group) is 1. The Labute approximate surface area is 153 Å². The van der Waals surface area contributed by atoms with Crippen molar-refractivity contribution in [2.75, 3.05) is 13.1 Å². The van der Waals surface area contributed by atoms with Crippen molar-refractivity contribution in [2.45, 2.75) is 39.2 Å². The number of halogens is 2. The van der Waals surface area contributed by atoms with Gasteiger partial charge in [-0.1, -0.05) is 19.1 Å². The first kappa shape index (κ1) is 19.4. The molecule has 0 bridgehead atoms. The van der Waals surface area contributed by atoms with E-state index in [1.54, 1.807) is 22.9 Å². The Hall–Kier alpha value is -1.92. The molecule has 0 unspecified atom stereocenters. The first-order valence-electron chi connectivity index (χ1n) is 8.49. The summed E-state index contributed by atoms with van der Waals surface area (Å²) in [7, 11) is 0. The molecule has 2 aromatic rings. The summed E-state index contributed by atoms with van der Waals surface area (Å²) in [6.07, 6.45) is 2.60. The quantitative estimate of drug-likeness (QED) is 0.826. The average Bonchev–Trinajstić information content (AvgIpc) is 3.16. The summed E-state index contributed by atoms with van der Waals surface area (Å²) in [5, 5.41) is 10.6. The minimum atomic E-state index is -0.331. The van der Waals surface area contributed by atoms with Crippen molar-refractivity contribution in [2.24, 2.45) is 0 Å². The number of amides is 1. The third kappa shape index (κ3) is 4.02. The normalized spacial score (nSPS) is 13.9. The Bertz CT molecular complexity index is 747. The van der Waals surface area contributed by atoms with Gasteiger partial charge >= 0.3 is 0 Å². The van der Waals surface area contributed by atoms with Crippen molar-refractivity contribution in [1.29, 1.82) is 0 Å². The van der Waals surface area contributed by atoms with Gasteiger partial charge in [0, 0.05) is 23.8 Å². The molecule has 25 heavy (non-hydrogen) atoms. The second-order valence-electron chi connectivity index (χ2n) is 6.16. The van der Waals surface area contributed by atoms with Crippen molar-refractivity contribution in [3.05, 3.63) is 47.0 Å². The summed E-state index contributed by atoms with van der Waals surface area (Å²) in [5.41, 5.74) is 2.72. The first-order valence-corrected chi connectivity index (χ1v) is 8.49. The van der Waals surface area contributed by atoms with Crippen LogP contribution in [0.15, 0.2) is 24.3 Å². The van der Waals surface area contributed by atoms with Gasteiger partial charge in [-0.05, 0) is 44.9 Å². The number of rotatable bonds is 6. The van der Waals surface area contributed by atoms with Gasteiger partial charge in [0.15, 0.2) is 5.69 Å². The van der Waals surface area contributed by atoms with E-state index >= 15 is 0 Å². The molecule has 0 saturated heterocycles. The predicted octanol–water partition coefficient (Wildman–Crippen LogP) is 2.65. The molecule has 0 saturated carbocycles. The van der Waals surface area contributed by atoms with Gasteiger partial charge in [0.2, 0.25) is 0 Å². The van der Waals surface area contributed by atoms with E-state index in [4.69, 9.17) is 0 Å². The van der Waals surface area contributed by atoms with Gasteiger partial charge < -0.3 is 10.6 Å². The average molecular weight is 367 g/mol. The minimum Gasteiger partial charge on any atom is -0.349 e. The summed E-state index contributed by atoms with van der Waals surface area (Å²) in [6, 6.07) is 6.73. The smallest absolute Gasteiger partial charge is 0.272 e. The van der Waals surface area contributed by atoms with Crippen LogP contribution in [0.25, 0.3) is 5.69 Å². The van der Waals surface area contributed by atoms with E-state index in [0.29, 0.717) is 17.9 Å². The Morgan fingerprint density at radius 2 is 2.12 bits per heavy atom. The number of carbonyl (C=O) groups excluding carboxylic acids is 1. The molecule has 0 spiro atoms. The lowest BCUT2D eigenvalue weighted by Crippen LogP contribution is -2.39. The van der Waals surface area contributed by atoms with Crippen LogP contribution in [0, 0.1) is 5.82 Å². The largest absolute Gasteiger partial charge is 0.349 e. The van der Waals surface area contributed by atoms with Crippen LogP contribution >= 0.6 is 12.4 Å². The summed E-state index contributed by atoms with van der Waals surface area (Å²) in [5.74, 6) is -0.518. The van der Waals surface area contributed by atoms with E-state index < -0.39 is 0 Å². The van der Waals surface area contributed by atoms with Gasteiger partial charge in [-0.15, -0.1) is 12.4 Å². The summed E-state index contributed by atoms with van der Waals surface area (Å²) in [4.78, 5) is 12.5. The van der Waals surface area contributed by atoms with E-state index in [1.165, 1.54) is 6.07 Å². The third-order valence-electron chi connectivity index (χ3n) is 4.35. The van der Waals surface area contributed by atoms with E-state index in [-0.39, 0.29) is 30.2 Å². The van der Waals surface area contributed by atoms with E-state index in [9.17, 15) is 9.18 Å². The molecule has 7 heteroatoms. The van der Waals surface area contributed by atoms with E-state index in [2.05, 4.69) is 15.7 Å². The number of hydrogen-bond donors (Lipinski definition) is 2. The molecule has 136 valence electrons. The highest BCUT2D eigenvalue weighted by Gasteiger charge is 2.27. The Morgan fingerprint density at radius 1 is 1.36 bits per heavy atom. The van der Waals surface area contributed by atoms with Gasteiger partial charge in [0.1, 0.15) is 11.5 Å². The van der Waals surface area contributed by atoms with Gasteiger partial charge in [-0.25, -0.2) is 9.07 Å². The molecular formula is C18H24ClFN4O. The Balaban J connectivity index is 0.00000225. The number of aromatic nitrogens is 2. The first-order chi connectivity index (χ1) is 11.6. The lowest BCUT2D eigenvalue weighted by atomic mass is 10.2. The van der Waals surface area contributed by atoms with Crippen molar-refractivity contribution < 1.29 is 9.18 Å². The summed E-state index contributed by atoms with van der Waals surface area (Å²) in [6.45, 7) is 5.44. The SMILES string of the molecule is CCN[C@H](C)CNC(=O)c1nn(-c2ccccc2F)c2c1CCC2.Cl. The number of benzene rings is 1. The van der Waals surface area contributed by atoms with Crippen LogP contribution < -0.4 is 10.6 Å². The molecule has 0 fully saturated rings. The summed E-state index contributed by atoms with van der Waals surface area (Å²) >= 11 is 0. The molecule has 1 aromatic carbocycles. The molecule has 1 heterocycles. The number of nitrogens with one attached hydrogen (secondary N) is 2. The fourth-order valence-corrected chi connectivity index (χ4v) is 3.19. The zero-order chi connectivity index (χ0) is 17.1. The van der Waals surface area contributed by atoms with Crippen LogP contribution in [0.4, 0.5) is 4.39 Å². The predicted molar refractivity (Wildman–Crippen MR) is 98.3 cm³/mol. The molecule has 2 N–H and O–H groups in total. The number of nitrogens with zero attached hydrogens (tertiary/aromatic N) is 2. The van der Waals surface area contributed by atoms with Crippen molar-refractivity contribution in [3.63, 3.8) is 0 Å². The second-order valence-corrected chi connectivity index (χ2v) is 6.16. The molecule has 3 rings (SSSR count). The Kier molecular flexibility index (Phi) is 6.56. The van der Waals surface area contributed by atoms with Gasteiger partial charge in [0.25, 0.3) is 5.91 Å². The molecule has 0 radical (unpaired) electrons. The number of hydrogen-bond acceptors (Lipinski definition) is 3. The molecule has 1 amide bonds. The van der Waals surface area contributed by atoms with Crippen LogP contribution in [-0.4, -0.2) is 34.8 Å². The van der Waals surface area contributed by atoms with E-state index in [1.807, 2.05) is 13.8 Å². The van der Waals surface area contributed by atoms with Crippen LogP contribution in [0.2, 0.25) is 0 Å². The maximum atomic E-state index is 14.1. The molecule has 1 aromatic heterocycles. The molecule has 5 nitrogen and oxygen atoms in total. The lowest BCUT2D eigenvalue weighted by molar-refractivity contribution is 0.0944. The van der Waals surface area contributed by atoms with Crippen LogP contribution in [0.5, 0.6) is 0 Å². The number of carbonyl (C=O) groups is 1. The van der Waals surface area contributed by atoms with Gasteiger partial charge in [0.05, 0.1) is 0 Å². The number of para-hydroxylation sites is 1. The maximum Gasteiger partial charge on any atom is 0.272 e. The number of fused-ring (bicyclic) bond motifs is 1. The van der Waals surface area contributed by atoms with E-state index in [0.717, 1.165) is 37.1 Å². The third-order valence-corrected chi connectivity index (χ3v) is 4.35. The summed E-state index contributed by atoms with van der Waals surface area (Å²) < 4.78 is 15.7. The highest BCUT2D eigenvalue weighted by Crippen LogP contribution is 2.28. The molecule has 1 aliphatic rings. The monoisotopic (exact) mass is 366 g/mol. The molecule has 0 aliphatic heterocycles. The standard InChI is InChI=1S/C18H23FN4O.ClH/c1-3-20-12(2)11-21-18(24)17-13-7-6-10-15(13)23(22-17)16-9-5-4-8-14(16)19;/h4-5,8-9,12,20H,3,6-7,10-11H2,1-2H3,(H,21,24);1H/t12-;/m1./s1. The highest BCUT2D eigenvalue weighted by atomic mass is 35.5. The lowest BCUT2D eigenvalue weighted by Gasteiger charge is -2.12.